The van der Waals surface area contributed by atoms with Gasteiger partial charge in [-0.1, -0.05) is 12.1 Å². The van der Waals surface area contributed by atoms with Crippen LogP contribution in [0.1, 0.15) is 5.56 Å². The van der Waals surface area contributed by atoms with Gasteiger partial charge in [0.05, 0.1) is 12.4 Å². The predicted molar refractivity (Wildman–Crippen MR) is 72.5 cm³/mol. The molecular weight excluding hydrogens is 266 g/mol. The summed E-state index contributed by atoms with van der Waals surface area (Å²) >= 11 is 1.38. The van der Waals surface area contributed by atoms with Crippen LogP contribution in [0.15, 0.2) is 24.3 Å². The molecule has 6 heteroatoms. The molecule has 1 fully saturated rings. The molecular formula is C13H15NO4S. The average Bonchev–Trinajstić information content (AvgIpc) is 2.41. The Bertz CT molecular complexity index is 491. The van der Waals surface area contributed by atoms with Gasteiger partial charge < -0.3 is 15.2 Å². The molecule has 2 rings (SSSR count). The summed E-state index contributed by atoms with van der Waals surface area (Å²) in [6.07, 6.45) is 0.569. The number of methoxy groups -OCH3 is 1. The Hall–Kier alpha value is -1.69. The highest BCUT2D eigenvalue weighted by Gasteiger charge is 2.32. The molecule has 5 nitrogen and oxygen atoms in total. The third-order valence-corrected chi connectivity index (χ3v) is 4.24. The van der Waals surface area contributed by atoms with Crippen molar-refractivity contribution in [3.63, 3.8) is 0 Å². The minimum atomic E-state index is -0.985. The van der Waals surface area contributed by atoms with Crippen LogP contribution < -0.4 is 10.1 Å². The van der Waals surface area contributed by atoms with E-state index in [1.54, 1.807) is 7.11 Å². The first kappa shape index (κ1) is 13.7. The van der Waals surface area contributed by atoms with Crippen molar-refractivity contribution in [2.45, 2.75) is 17.7 Å². The van der Waals surface area contributed by atoms with Gasteiger partial charge >= 0.3 is 5.97 Å². The van der Waals surface area contributed by atoms with E-state index in [0.29, 0.717) is 12.2 Å². The van der Waals surface area contributed by atoms with Crippen LogP contribution in [0.4, 0.5) is 0 Å². The number of hydrogen-bond donors (Lipinski definition) is 2. The van der Waals surface area contributed by atoms with Crippen LogP contribution >= 0.6 is 11.8 Å². The van der Waals surface area contributed by atoms with Crippen LogP contribution in [-0.2, 0) is 16.0 Å². The molecule has 1 aliphatic heterocycles. The topological polar surface area (TPSA) is 75.6 Å². The number of thioether (sulfide) groups is 1. The van der Waals surface area contributed by atoms with Gasteiger partial charge in [0.15, 0.2) is 0 Å². The summed E-state index contributed by atoms with van der Waals surface area (Å²) in [5.74, 6) is -0.0512. The molecule has 0 aliphatic carbocycles. The van der Waals surface area contributed by atoms with E-state index in [4.69, 9.17) is 9.84 Å². The molecule has 1 aromatic carbocycles. The molecule has 0 aromatic heterocycles. The van der Waals surface area contributed by atoms with Gasteiger partial charge in [-0.25, -0.2) is 4.79 Å². The summed E-state index contributed by atoms with van der Waals surface area (Å²) in [4.78, 5) is 22.6. The fourth-order valence-corrected chi connectivity index (χ4v) is 3.07. The van der Waals surface area contributed by atoms with Crippen LogP contribution in [0.25, 0.3) is 0 Å². The summed E-state index contributed by atoms with van der Waals surface area (Å²) < 4.78 is 5.13. The van der Waals surface area contributed by atoms with Gasteiger partial charge in [0.1, 0.15) is 11.8 Å². The number of carboxylic acid groups (broad SMARTS) is 1. The molecule has 1 aliphatic rings. The maximum Gasteiger partial charge on any atom is 0.327 e. The third kappa shape index (κ3) is 3.41. The van der Waals surface area contributed by atoms with Crippen molar-refractivity contribution in [1.82, 2.24) is 5.32 Å². The molecule has 1 saturated heterocycles. The number of rotatable bonds is 4. The summed E-state index contributed by atoms with van der Waals surface area (Å²) in [6.45, 7) is 0. The highest BCUT2D eigenvalue weighted by molar-refractivity contribution is 8.00. The van der Waals surface area contributed by atoms with E-state index in [2.05, 4.69) is 5.32 Å². The van der Waals surface area contributed by atoms with Crippen molar-refractivity contribution >= 4 is 23.6 Å². The lowest BCUT2D eigenvalue weighted by Gasteiger charge is -2.26. The summed E-state index contributed by atoms with van der Waals surface area (Å²) in [5.41, 5.74) is 1.00. The number of aliphatic carboxylic acids is 1. The van der Waals surface area contributed by atoms with E-state index < -0.39 is 12.0 Å². The maximum absolute atomic E-state index is 11.8. The van der Waals surface area contributed by atoms with Gasteiger partial charge in [0.2, 0.25) is 5.91 Å². The average molecular weight is 281 g/mol. The molecule has 1 heterocycles. The molecule has 0 spiro atoms. The zero-order chi connectivity index (χ0) is 13.8. The Morgan fingerprint density at radius 2 is 2.37 bits per heavy atom. The molecule has 1 aromatic rings. The van der Waals surface area contributed by atoms with Crippen LogP contribution in [0.3, 0.4) is 0 Å². The lowest BCUT2D eigenvalue weighted by molar-refractivity contribution is -0.141. The number of carbonyl (C=O) groups is 2. The minimum Gasteiger partial charge on any atom is -0.497 e. The number of carbonyl (C=O) groups excluding carboxylic acids is 1. The van der Waals surface area contributed by atoms with Crippen LogP contribution in [0.2, 0.25) is 0 Å². The highest BCUT2D eigenvalue weighted by Crippen LogP contribution is 2.23. The Labute approximate surface area is 115 Å². The van der Waals surface area contributed by atoms with E-state index in [1.165, 1.54) is 11.8 Å². The summed E-state index contributed by atoms with van der Waals surface area (Å²) in [5, 5.41) is 11.1. The van der Waals surface area contributed by atoms with E-state index in [-0.39, 0.29) is 11.2 Å². The fraction of sp³-hybridized carbons (Fsp3) is 0.385. The van der Waals surface area contributed by atoms with E-state index in [1.807, 2.05) is 24.3 Å². The Balaban J connectivity index is 2.00. The maximum atomic E-state index is 11.8. The van der Waals surface area contributed by atoms with Crippen molar-refractivity contribution in [3.8, 4) is 5.75 Å². The van der Waals surface area contributed by atoms with Crippen LogP contribution in [0, 0.1) is 0 Å². The minimum absolute atomic E-state index is 0.216. The molecule has 1 amide bonds. The number of carboxylic acids is 1. The highest BCUT2D eigenvalue weighted by atomic mass is 32.2. The Morgan fingerprint density at radius 1 is 1.58 bits per heavy atom. The molecule has 0 saturated carbocycles. The summed E-state index contributed by atoms with van der Waals surface area (Å²) in [6, 6.07) is 6.76. The van der Waals surface area contributed by atoms with Gasteiger partial charge in [-0.2, -0.15) is 0 Å². The van der Waals surface area contributed by atoms with Gasteiger partial charge in [-0.3, -0.25) is 4.79 Å². The first-order chi connectivity index (χ1) is 9.10. The molecule has 0 bridgehead atoms. The normalized spacial score (nSPS) is 22.7. The molecule has 0 unspecified atom stereocenters. The predicted octanol–water partition coefficient (Wildman–Crippen LogP) is 0.922. The second-order valence-corrected chi connectivity index (χ2v) is 5.51. The molecule has 19 heavy (non-hydrogen) atoms. The second kappa shape index (κ2) is 5.97. The van der Waals surface area contributed by atoms with E-state index in [0.717, 1.165) is 11.3 Å². The van der Waals surface area contributed by atoms with Crippen molar-refractivity contribution in [2.75, 3.05) is 12.9 Å². The molecule has 0 radical (unpaired) electrons. The van der Waals surface area contributed by atoms with E-state index in [9.17, 15) is 9.59 Å². The summed E-state index contributed by atoms with van der Waals surface area (Å²) in [7, 11) is 1.60. The first-order valence-corrected chi connectivity index (χ1v) is 6.92. The van der Waals surface area contributed by atoms with Crippen LogP contribution in [0.5, 0.6) is 5.75 Å². The lowest BCUT2D eigenvalue weighted by atomic mass is 10.1. The van der Waals surface area contributed by atoms with Crippen molar-refractivity contribution in [2.24, 2.45) is 0 Å². The SMILES string of the molecule is COc1cccc(C[C@H]2SC[C@@H](C(=O)O)NC2=O)c1. The van der Waals surface area contributed by atoms with Crippen molar-refractivity contribution in [3.05, 3.63) is 29.8 Å². The second-order valence-electron chi connectivity index (χ2n) is 4.28. The lowest BCUT2D eigenvalue weighted by Crippen LogP contribution is -2.51. The quantitative estimate of drug-likeness (QED) is 0.858. The zero-order valence-electron chi connectivity index (χ0n) is 10.5. The van der Waals surface area contributed by atoms with Gasteiger partial charge in [0.25, 0.3) is 0 Å². The largest absolute Gasteiger partial charge is 0.497 e. The van der Waals surface area contributed by atoms with Gasteiger partial charge in [-0.05, 0) is 24.1 Å². The molecule has 102 valence electrons. The Morgan fingerprint density at radius 3 is 3.00 bits per heavy atom. The molecule has 2 atom stereocenters. The van der Waals surface area contributed by atoms with Gasteiger partial charge in [0, 0.05) is 5.75 Å². The van der Waals surface area contributed by atoms with Crippen molar-refractivity contribution in [1.29, 1.82) is 0 Å². The third-order valence-electron chi connectivity index (χ3n) is 2.93. The number of benzene rings is 1. The van der Waals surface area contributed by atoms with Crippen LogP contribution in [-0.4, -0.2) is 41.1 Å². The Kier molecular flexibility index (Phi) is 4.31. The van der Waals surface area contributed by atoms with Gasteiger partial charge in [-0.15, -0.1) is 11.8 Å². The van der Waals surface area contributed by atoms with Crippen molar-refractivity contribution < 1.29 is 19.4 Å². The standard InChI is InChI=1S/C13H15NO4S/c1-18-9-4-2-3-8(5-9)6-11-12(15)14-10(7-19-11)13(16)17/h2-5,10-11H,6-7H2,1H3,(H,14,15)(H,16,17)/t10-,11+/m0/s1. The number of ether oxygens (including phenoxy) is 1. The number of hydrogen-bond acceptors (Lipinski definition) is 4. The molecule has 2 N–H and O–H groups in total. The smallest absolute Gasteiger partial charge is 0.327 e. The monoisotopic (exact) mass is 281 g/mol. The fourth-order valence-electron chi connectivity index (χ4n) is 1.89. The number of amides is 1. The van der Waals surface area contributed by atoms with E-state index >= 15 is 0 Å². The number of nitrogens with one attached hydrogen (secondary N) is 1. The zero-order valence-corrected chi connectivity index (χ0v) is 11.3. The first-order valence-electron chi connectivity index (χ1n) is 5.88.